The number of anilines is 1. The Hall–Kier alpha value is -3.59. The molecule has 9 heteroatoms. The van der Waals surface area contributed by atoms with E-state index in [4.69, 9.17) is 4.74 Å². The van der Waals surface area contributed by atoms with Gasteiger partial charge in [0.25, 0.3) is 5.91 Å². The van der Waals surface area contributed by atoms with Crippen LogP contribution in [0.15, 0.2) is 54.2 Å². The van der Waals surface area contributed by atoms with Crippen molar-refractivity contribution in [2.75, 3.05) is 19.0 Å². The lowest BCUT2D eigenvalue weighted by molar-refractivity contribution is -0.146. The minimum atomic E-state index is -0.579. The van der Waals surface area contributed by atoms with Crippen LogP contribution < -0.4 is 5.32 Å². The highest BCUT2D eigenvalue weighted by atomic mass is 32.1. The van der Waals surface area contributed by atoms with Crippen LogP contribution in [0.5, 0.6) is 0 Å². The van der Waals surface area contributed by atoms with Gasteiger partial charge in [0.2, 0.25) is 0 Å². The van der Waals surface area contributed by atoms with Gasteiger partial charge in [0.1, 0.15) is 5.01 Å². The fourth-order valence-corrected chi connectivity index (χ4v) is 3.23. The molecule has 8 nitrogen and oxygen atoms in total. The number of rotatable bonds is 7. The number of esters is 2. The molecule has 0 radical (unpaired) electrons. The Morgan fingerprint density at radius 3 is 2.72 bits per heavy atom. The SMILES string of the molecule is COC(=O)c1ccccc1NC(=O)COC(=O)Cc1csc(-c2cccnc2)n1. The molecule has 3 rings (SSSR count). The highest BCUT2D eigenvalue weighted by molar-refractivity contribution is 7.13. The number of carbonyl (C=O) groups is 3. The standard InChI is InChI=1S/C20H17N3O5S/c1-27-20(26)15-6-2-3-7-16(15)23-17(24)11-28-18(25)9-14-12-29-19(22-14)13-5-4-8-21-10-13/h2-8,10,12H,9,11H2,1H3,(H,23,24). The van der Waals surface area contributed by atoms with Gasteiger partial charge in [0.05, 0.1) is 30.5 Å². The van der Waals surface area contributed by atoms with E-state index >= 15 is 0 Å². The fraction of sp³-hybridized carbons (Fsp3) is 0.150. The molecule has 0 aliphatic carbocycles. The third-order valence-corrected chi connectivity index (χ3v) is 4.70. The maximum atomic E-state index is 12.1. The molecular weight excluding hydrogens is 394 g/mol. The van der Waals surface area contributed by atoms with Crippen molar-refractivity contribution in [3.8, 4) is 10.6 Å². The second-order valence-corrected chi connectivity index (χ2v) is 6.67. The van der Waals surface area contributed by atoms with Gasteiger partial charge in [0.15, 0.2) is 6.61 Å². The van der Waals surface area contributed by atoms with E-state index in [1.54, 1.807) is 36.0 Å². The van der Waals surface area contributed by atoms with Crippen molar-refractivity contribution < 1.29 is 23.9 Å². The molecule has 3 aromatic rings. The van der Waals surface area contributed by atoms with E-state index in [0.717, 1.165) is 10.6 Å². The van der Waals surface area contributed by atoms with E-state index in [1.165, 1.54) is 24.5 Å². The van der Waals surface area contributed by atoms with Crippen LogP contribution in [0, 0.1) is 0 Å². The highest BCUT2D eigenvalue weighted by Gasteiger charge is 2.15. The Morgan fingerprint density at radius 1 is 1.14 bits per heavy atom. The third kappa shape index (κ3) is 5.45. The van der Waals surface area contributed by atoms with Crippen molar-refractivity contribution in [3.63, 3.8) is 0 Å². The number of carbonyl (C=O) groups excluding carboxylic acids is 3. The summed E-state index contributed by atoms with van der Waals surface area (Å²) in [4.78, 5) is 44.2. The average molecular weight is 411 g/mol. The van der Waals surface area contributed by atoms with Gasteiger partial charge in [-0.1, -0.05) is 12.1 Å². The van der Waals surface area contributed by atoms with Crippen LogP contribution in [0.1, 0.15) is 16.1 Å². The van der Waals surface area contributed by atoms with Gasteiger partial charge >= 0.3 is 11.9 Å². The molecule has 2 heterocycles. The van der Waals surface area contributed by atoms with Crippen molar-refractivity contribution in [1.82, 2.24) is 9.97 Å². The number of amides is 1. The number of benzene rings is 1. The average Bonchev–Trinajstić information content (AvgIpc) is 3.21. The zero-order valence-electron chi connectivity index (χ0n) is 15.5. The molecule has 1 N–H and O–H groups in total. The van der Waals surface area contributed by atoms with Crippen LogP contribution in [-0.4, -0.2) is 41.5 Å². The highest BCUT2D eigenvalue weighted by Crippen LogP contribution is 2.23. The molecule has 0 unspecified atom stereocenters. The van der Waals surface area contributed by atoms with Crippen LogP contribution in [0.3, 0.4) is 0 Å². The Morgan fingerprint density at radius 2 is 1.97 bits per heavy atom. The molecular formula is C20H17N3O5S. The van der Waals surface area contributed by atoms with Gasteiger partial charge < -0.3 is 14.8 Å². The number of ether oxygens (including phenoxy) is 2. The summed E-state index contributed by atoms with van der Waals surface area (Å²) in [5, 5.41) is 5.04. The summed E-state index contributed by atoms with van der Waals surface area (Å²) >= 11 is 1.40. The van der Waals surface area contributed by atoms with Crippen LogP contribution in [-0.2, 0) is 25.5 Å². The number of nitrogens with one attached hydrogen (secondary N) is 1. The minimum absolute atomic E-state index is 0.0528. The van der Waals surface area contributed by atoms with E-state index in [-0.39, 0.29) is 17.7 Å². The molecule has 0 aliphatic heterocycles. The van der Waals surface area contributed by atoms with E-state index < -0.39 is 24.5 Å². The molecule has 0 fully saturated rings. The number of methoxy groups -OCH3 is 1. The molecule has 0 aliphatic rings. The summed E-state index contributed by atoms with van der Waals surface area (Å²) in [6.07, 6.45) is 3.31. The first kappa shape index (κ1) is 20.2. The zero-order chi connectivity index (χ0) is 20.6. The Kier molecular flexibility index (Phi) is 6.64. The Balaban J connectivity index is 1.52. The first-order valence-corrected chi connectivity index (χ1v) is 9.42. The second-order valence-electron chi connectivity index (χ2n) is 5.81. The number of hydrogen-bond donors (Lipinski definition) is 1. The molecule has 148 valence electrons. The van der Waals surface area contributed by atoms with E-state index in [2.05, 4.69) is 20.0 Å². The minimum Gasteiger partial charge on any atom is -0.465 e. The predicted molar refractivity (Wildman–Crippen MR) is 106 cm³/mol. The van der Waals surface area contributed by atoms with E-state index in [1.807, 2.05) is 12.1 Å². The molecule has 0 atom stereocenters. The molecule has 1 amide bonds. The molecule has 29 heavy (non-hydrogen) atoms. The maximum Gasteiger partial charge on any atom is 0.339 e. The number of thiazole rings is 1. The third-order valence-electron chi connectivity index (χ3n) is 3.76. The normalized spacial score (nSPS) is 10.2. The van der Waals surface area contributed by atoms with Crippen molar-refractivity contribution in [3.05, 3.63) is 65.4 Å². The maximum absolute atomic E-state index is 12.1. The lowest BCUT2D eigenvalue weighted by Gasteiger charge is -2.09. The summed E-state index contributed by atoms with van der Waals surface area (Å²) in [6.45, 7) is -0.478. The first-order valence-electron chi connectivity index (χ1n) is 8.54. The van der Waals surface area contributed by atoms with E-state index in [0.29, 0.717) is 5.69 Å². The first-order chi connectivity index (χ1) is 14.1. The van der Waals surface area contributed by atoms with Gasteiger partial charge in [-0.15, -0.1) is 11.3 Å². The van der Waals surface area contributed by atoms with Gasteiger partial charge in [-0.2, -0.15) is 0 Å². The van der Waals surface area contributed by atoms with E-state index in [9.17, 15) is 14.4 Å². The molecule has 0 spiro atoms. The lowest BCUT2D eigenvalue weighted by Crippen LogP contribution is -2.23. The van der Waals surface area contributed by atoms with Crippen molar-refractivity contribution >= 4 is 34.9 Å². The summed E-state index contributed by atoms with van der Waals surface area (Å²) in [6, 6.07) is 10.1. The summed E-state index contributed by atoms with van der Waals surface area (Å²) in [5.41, 5.74) is 1.90. The van der Waals surface area contributed by atoms with Crippen LogP contribution in [0.25, 0.3) is 10.6 Å². The number of aromatic nitrogens is 2. The van der Waals surface area contributed by atoms with Crippen LogP contribution in [0.4, 0.5) is 5.69 Å². The topological polar surface area (TPSA) is 107 Å². The van der Waals surface area contributed by atoms with Gasteiger partial charge in [-0.3, -0.25) is 14.6 Å². The van der Waals surface area contributed by atoms with Crippen molar-refractivity contribution in [1.29, 1.82) is 0 Å². The predicted octanol–water partition coefficient (Wildman–Crippen LogP) is 2.72. The van der Waals surface area contributed by atoms with Crippen molar-refractivity contribution in [2.45, 2.75) is 6.42 Å². The quantitative estimate of drug-likeness (QED) is 0.596. The zero-order valence-corrected chi connectivity index (χ0v) is 16.3. The molecule has 0 saturated carbocycles. The van der Waals surface area contributed by atoms with Crippen molar-refractivity contribution in [2.24, 2.45) is 0 Å². The molecule has 0 saturated heterocycles. The second kappa shape index (κ2) is 9.56. The van der Waals surface area contributed by atoms with Gasteiger partial charge in [-0.25, -0.2) is 9.78 Å². The lowest BCUT2D eigenvalue weighted by atomic mass is 10.2. The summed E-state index contributed by atoms with van der Waals surface area (Å²) in [7, 11) is 1.25. The number of pyridine rings is 1. The number of nitrogens with zero attached hydrogens (tertiary/aromatic N) is 2. The smallest absolute Gasteiger partial charge is 0.339 e. The monoisotopic (exact) mass is 411 g/mol. The Labute approximate surface area is 170 Å². The van der Waals surface area contributed by atoms with Gasteiger partial charge in [0, 0.05) is 23.3 Å². The summed E-state index contributed by atoms with van der Waals surface area (Å²) < 4.78 is 9.68. The largest absolute Gasteiger partial charge is 0.465 e. The number of para-hydroxylation sites is 1. The van der Waals surface area contributed by atoms with Gasteiger partial charge in [-0.05, 0) is 24.3 Å². The number of hydrogen-bond acceptors (Lipinski definition) is 8. The Bertz CT molecular complexity index is 1020. The molecule has 2 aromatic heterocycles. The fourth-order valence-electron chi connectivity index (χ4n) is 2.42. The molecule has 0 bridgehead atoms. The van der Waals surface area contributed by atoms with Crippen LogP contribution >= 0.6 is 11.3 Å². The van der Waals surface area contributed by atoms with Crippen LogP contribution in [0.2, 0.25) is 0 Å². The molecule has 1 aromatic carbocycles. The summed E-state index contributed by atoms with van der Waals surface area (Å²) in [5.74, 6) is -1.72.